The summed E-state index contributed by atoms with van der Waals surface area (Å²) in [7, 11) is 0. The zero-order valence-corrected chi connectivity index (χ0v) is 20.0. The molecule has 0 aromatic rings. The van der Waals surface area contributed by atoms with Crippen molar-refractivity contribution in [3.63, 3.8) is 0 Å². The van der Waals surface area contributed by atoms with Crippen LogP contribution in [0.4, 0.5) is 0 Å². The van der Waals surface area contributed by atoms with E-state index in [1.807, 2.05) is 71.1 Å². The molecule has 1 N–H and O–H groups in total. The van der Waals surface area contributed by atoms with Gasteiger partial charge in [0.2, 0.25) is 0 Å². The highest BCUT2D eigenvalue weighted by Gasteiger charge is 2.28. The van der Waals surface area contributed by atoms with Gasteiger partial charge in [0, 0.05) is 24.3 Å². The Hall–Kier alpha value is -2.20. The molecule has 0 amide bonds. The second-order valence-electron chi connectivity index (χ2n) is 8.77. The van der Waals surface area contributed by atoms with Gasteiger partial charge in [0.1, 0.15) is 11.9 Å². The minimum absolute atomic E-state index is 0.0859. The maximum Gasteiger partial charge on any atom is 0.331 e. The summed E-state index contributed by atoms with van der Waals surface area (Å²) in [4.78, 5) is 23.8. The molecule has 0 unspecified atom stereocenters. The van der Waals surface area contributed by atoms with E-state index in [2.05, 4.69) is 19.1 Å². The van der Waals surface area contributed by atoms with E-state index in [1.165, 1.54) is 6.08 Å². The standard InChI is InChI=1S/C27H40O4/c1-7-21(4)26(29)23(6)27(30)22(5)18-20(3)14-10-13-19(2)12-8-9-15-24-16-11-17-25(28)31-24/h8-12,14-15,17-19,21-24,26,29H,7,13,16H2,1-6H3/b12-8-,14-10+,15-9+,20-18+/t19-,21-,22+,23-,24-,26+/m0/s1. The van der Waals surface area contributed by atoms with Crippen molar-refractivity contribution >= 4 is 11.8 Å². The number of rotatable bonds is 12. The van der Waals surface area contributed by atoms with Gasteiger partial charge >= 0.3 is 5.97 Å². The summed E-state index contributed by atoms with van der Waals surface area (Å²) in [5.74, 6) is -0.289. The van der Waals surface area contributed by atoms with E-state index in [9.17, 15) is 14.7 Å². The molecule has 4 nitrogen and oxygen atoms in total. The van der Waals surface area contributed by atoms with Gasteiger partial charge in [-0.2, -0.15) is 0 Å². The first-order valence-electron chi connectivity index (χ1n) is 11.4. The van der Waals surface area contributed by atoms with E-state index in [1.54, 1.807) is 0 Å². The lowest BCUT2D eigenvalue weighted by atomic mass is 9.84. The van der Waals surface area contributed by atoms with Crippen LogP contribution in [0.25, 0.3) is 0 Å². The molecular weight excluding hydrogens is 388 g/mol. The Morgan fingerprint density at radius 2 is 1.97 bits per heavy atom. The average Bonchev–Trinajstić information content (AvgIpc) is 2.74. The Kier molecular flexibility index (Phi) is 12.1. The zero-order chi connectivity index (χ0) is 23.4. The first-order chi connectivity index (χ1) is 14.6. The third-order valence-corrected chi connectivity index (χ3v) is 5.80. The number of carbonyl (C=O) groups is 2. The predicted molar refractivity (Wildman–Crippen MR) is 127 cm³/mol. The van der Waals surface area contributed by atoms with Gasteiger partial charge in [0.25, 0.3) is 0 Å². The van der Waals surface area contributed by atoms with E-state index < -0.39 is 6.10 Å². The molecule has 0 aromatic heterocycles. The van der Waals surface area contributed by atoms with Crippen LogP contribution in [-0.4, -0.2) is 29.1 Å². The van der Waals surface area contributed by atoms with Gasteiger partial charge in [-0.15, -0.1) is 0 Å². The molecule has 0 saturated heterocycles. The summed E-state index contributed by atoms with van der Waals surface area (Å²) in [6, 6.07) is 0. The minimum atomic E-state index is -0.590. The molecule has 0 spiro atoms. The Balaban J connectivity index is 2.47. The maximum absolute atomic E-state index is 12.6. The van der Waals surface area contributed by atoms with Crippen LogP contribution < -0.4 is 0 Å². The molecule has 1 heterocycles. The monoisotopic (exact) mass is 428 g/mol. The Labute approximate surface area is 188 Å². The number of Topliss-reactive ketones (excluding diaryl/α,β-unsaturated/α-hetero) is 1. The number of ether oxygens (including phenoxy) is 1. The summed E-state index contributed by atoms with van der Waals surface area (Å²) in [5, 5.41) is 10.3. The average molecular weight is 429 g/mol. The summed E-state index contributed by atoms with van der Waals surface area (Å²) >= 11 is 0. The lowest BCUT2D eigenvalue weighted by molar-refractivity contribution is -0.141. The number of esters is 1. The normalized spacial score (nSPS) is 22.6. The molecule has 1 rings (SSSR count). The number of cyclic esters (lactones) is 1. The molecule has 1 aliphatic heterocycles. The second kappa shape index (κ2) is 14.0. The number of aliphatic hydroxyl groups is 1. The van der Waals surface area contributed by atoms with Crippen molar-refractivity contribution in [2.75, 3.05) is 0 Å². The van der Waals surface area contributed by atoms with Crippen LogP contribution in [0.2, 0.25) is 0 Å². The fourth-order valence-corrected chi connectivity index (χ4v) is 3.49. The van der Waals surface area contributed by atoms with Gasteiger partial charge in [-0.1, -0.05) is 89.1 Å². The molecule has 4 heteroatoms. The number of aliphatic hydroxyl groups excluding tert-OH is 1. The van der Waals surface area contributed by atoms with E-state index >= 15 is 0 Å². The number of hydrogen-bond acceptors (Lipinski definition) is 4. The summed E-state index contributed by atoms with van der Waals surface area (Å²) in [5.41, 5.74) is 1.05. The van der Waals surface area contributed by atoms with Crippen LogP contribution in [0.1, 0.15) is 60.8 Å². The number of carbonyl (C=O) groups excluding carboxylic acids is 2. The second-order valence-corrected chi connectivity index (χ2v) is 8.77. The highest BCUT2D eigenvalue weighted by Crippen LogP contribution is 2.21. The molecule has 6 atom stereocenters. The molecule has 0 fully saturated rings. The number of allylic oxidation sites excluding steroid dienone is 7. The lowest BCUT2D eigenvalue weighted by Crippen LogP contribution is -2.33. The minimum Gasteiger partial charge on any atom is -0.455 e. The van der Waals surface area contributed by atoms with Crippen molar-refractivity contribution in [1.29, 1.82) is 0 Å². The van der Waals surface area contributed by atoms with Crippen LogP contribution in [0.3, 0.4) is 0 Å². The van der Waals surface area contributed by atoms with Gasteiger partial charge in [0.15, 0.2) is 0 Å². The quantitative estimate of drug-likeness (QED) is 0.318. The highest BCUT2D eigenvalue weighted by atomic mass is 16.5. The van der Waals surface area contributed by atoms with Gasteiger partial charge in [-0.05, 0) is 31.3 Å². The van der Waals surface area contributed by atoms with E-state index in [0.717, 1.165) is 24.8 Å². The topological polar surface area (TPSA) is 63.6 Å². The number of hydrogen-bond donors (Lipinski definition) is 1. The fraction of sp³-hybridized carbons (Fsp3) is 0.556. The Bertz CT molecular complexity index is 726. The molecule has 1 aliphatic rings. The van der Waals surface area contributed by atoms with Crippen molar-refractivity contribution in [2.24, 2.45) is 23.7 Å². The maximum atomic E-state index is 12.6. The van der Waals surface area contributed by atoms with Crippen LogP contribution in [0.15, 0.2) is 60.3 Å². The summed E-state index contributed by atoms with van der Waals surface area (Å²) < 4.78 is 5.18. The van der Waals surface area contributed by atoms with Crippen molar-refractivity contribution < 1.29 is 19.4 Å². The van der Waals surface area contributed by atoms with E-state index in [-0.39, 0.29) is 35.6 Å². The number of ketones is 1. The molecule has 0 radical (unpaired) electrons. The lowest BCUT2D eigenvalue weighted by Gasteiger charge is -2.24. The first kappa shape index (κ1) is 26.8. The van der Waals surface area contributed by atoms with Gasteiger partial charge in [-0.25, -0.2) is 4.79 Å². The van der Waals surface area contributed by atoms with E-state index in [0.29, 0.717) is 5.92 Å². The molecule has 0 bridgehead atoms. The molecule has 0 aromatic carbocycles. The smallest absolute Gasteiger partial charge is 0.331 e. The van der Waals surface area contributed by atoms with Crippen molar-refractivity contribution in [3.8, 4) is 0 Å². The fourth-order valence-electron chi connectivity index (χ4n) is 3.49. The van der Waals surface area contributed by atoms with Crippen LogP contribution in [-0.2, 0) is 14.3 Å². The van der Waals surface area contributed by atoms with Crippen LogP contribution in [0, 0.1) is 23.7 Å². The van der Waals surface area contributed by atoms with E-state index in [4.69, 9.17) is 4.74 Å². The van der Waals surface area contributed by atoms with Crippen molar-refractivity contribution in [3.05, 3.63) is 60.3 Å². The Morgan fingerprint density at radius 3 is 2.61 bits per heavy atom. The van der Waals surface area contributed by atoms with Crippen molar-refractivity contribution in [1.82, 2.24) is 0 Å². The van der Waals surface area contributed by atoms with Crippen LogP contribution >= 0.6 is 0 Å². The predicted octanol–water partition coefficient (Wildman–Crippen LogP) is 5.75. The molecule has 0 saturated carbocycles. The summed E-state index contributed by atoms with van der Waals surface area (Å²) in [6.07, 6.45) is 19.0. The van der Waals surface area contributed by atoms with Crippen LogP contribution in [0.5, 0.6) is 0 Å². The van der Waals surface area contributed by atoms with Crippen molar-refractivity contribution in [2.45, 2.75) is 73.0 Å². The molecule has 172 valence electrons. The molecule has 0 aliphatic carbocycles. The summed E-state index contributed by atoms with van der Waals surface area (Å²) in [6.45, 7) is 11.9. The third-order valence-electron chi connectivity index (χ3n) is 5.80. The first-order valence-corrected chi connectivity index (χ1v) is 11.4. The molecule has 31 heavy (non-hydrogen) atoms. The van der Waals surface area contributed by atoms with Gasteiger partial charge in [-0.3, -0.25) is 4.79 Å². The third kappa shape index (κ3) is 10.1. The molecular formula is C27H40O4. The van der Waals surface area contributed by atoms with Gasteiger partial charge in [0.05, 0.1) is 6.10 Å². The zero-order valence-electron chi connectivity index (χ0n) is 20.0. The van der Waals surface area contributed by atoms with Gasteiger partial charge < -0.3 is 9.84 Å². The SMILES string of the molecule is CC[C@H](C)[C@@H](O)[C@H](C)C(=O)[C@H](C)/C=C(C)/C=C/C[C@@H](C)/C=C\C=C\[C@H]1CC=CC(=O)O1. The Morgan fingerprint density at radius 1 is 1.26 bits per heavy atom. The largest absolute Gasteiger partial charge is 0.455 e. The highest BCUT2D eigenvalue weighted by molar-refractivity contribution is 5.85.